The fourth-order valence-corrected chi connectivity index (χ4v) is 3.52. The molecule has 0 N–H and O–H groups in total. The number of fused-ring (bicyclic) bond motifs is 1. The Balaban J connectivity index is 1.53. The van der Waals surface area contributed by atoms with Crippen LogP contribution < -0.4 is 4.90 Å². The van der Waals surface area contributed by atoms with Crippen molar-refractivity contribution in [3.63, 3.8) is 0 Å². The molecule has 0 atom stereocenters. The Morgan fingerprint density at radius 3 is 2.64 bits per heavy atom. The van der Waals surface area contributed by atoms with Crippen molar-refractivity contribution >= 4 is 34.4 Å². The molecule has 1 fully saturated rings. The van der Waals surface area contributed by atoms with Crippen LogP contribution in [0.3, 0.4) is 0 Å². The summed E-state index contributed by atoms with van der Waals surface area (Å²) in [6, 6.07) is 7.70. The lowest BCUT2D eigenvalue weighted by atomic mass is 10.1. The number of morpholine rings is 1. The Hall–Kier alpha value is -1.74. The van der Waals surface area contributed by atoms with Crippen molar-refractivity contribution in [3.8, 4) is 0 Å². The standard InChI is InChI=1S/C18H19IN4O2/c19-15-3-1-13(2-4-15)17(24)23-6-5-14-11-20-18(21-16(14)12-23)22-7-9-25-10-8-22/h1-4,11H,5-10,12H2. The molecule has 3 heterocycles. The summed E-state index contributed by atoms with van der Waals surface area (Å²) >= 11 is 2.24. The second-order valence-corrected chi connectivity index (χ2v) is 7.47. The quantitative estimate of drug-likeness (QED) is 0.657. The molecule has 130 valence electrons. The molecule has 6 nitrogen and oxygen atoms in total. The highest BCUT2D eigenvalue weighted by Crippen LogP contribution is 2.21. The predicted molar refractivity (Wildman–Crippen MR) is 103 cm³/mol. The first-order valence-electron chi connectivity index (χ1n) is 8.43. The molecule has 2 aliphatic heterocycles. The molecule has 25 heavy (non-hydrogen) atoms. The number of carbonyl (C=O) groups excluding carboxylic acids is 1. The Morgan fingerprint density at radius 2 is 1.88 bits per heavy atom. The maximum Gasteiger partial charge on any atom is 0.254 e. The molecule has 1 amide bonds. The lowest BCUT2D eigenvalue weighted by Gasteiger charge is -2.30. The zero-order valence-electron chi connectivity index (χ0n) is 13.8. The number of rotatable bonds is 2. The van der Waals surface area contributed by atoms with Gasteiger partial charge in [0.05, 0.1) is 25.5 Å². The molecule has 0 unspecified atom stereocenters. The second-order valence-electron chi connectivity index (χ2n) is 6.22. The van der Waals surface area contributed by atoms with E-state index in [9.17, 15) is 4.79 Å². The molecule has 2 aromatic rings. The van der Waals surface area contributed by atoms with Crippen LogP contribution in [0.25, 0.3) is 0 Å². The minimum atomic E-state index is 0.0635. The Kier molecular flexibility index (Phi) is 4.85. The first-order chi connectivity index (χ1) is 12.2. The van der Waals surface area contributed by atoms with E-state index < -0.39 is 0 Å². The minimum absolute atomic E-state index is 0.0635. The number of nitrogens with zero attached hydrogens (tertiary/aromatic N) is 4. The average molecular weight is 450 g/mol. The molecular formula is C18H19IN4O2. The van der Waals surface area contributed by atoms with Gasteiger partial charge >= 0.3 is 0 Å². The molecule has 2 aliphatic rings. The van der Waals surface area contributed by atoms with Crippen molar-refractivity contribution in [2.24, 2.45) is 0 Å². The highest BCUT2D eigenvalue weighted by molar-refractivity contribution is 14.1. The van der Waals surface area contributed by atoms with Gasteiger partial charge in [-0.3, -0.25) is 4.79 Å². The molecule has 4 rings (SSSR count). The third-order valence-corrected chi connectivity index (χ3v) is 5.32. The van der Waals surface area contributed by atoms with Gasteiger partial charge in [-0.1, -0.05) is 0 Å². The van der Waals surface area contributed by atoms with Crippen molar-refractivity contribution in [2.45, 2.75) is 13.0 Å². The van der Waals surface area contributed by atoms with Crippen molar-refractivity contribution in [3.05, 3.63) is 50.9 Å². The molecule has 1 saturated heterocycles. The van der Waals surface area contributed by atoms with Gasteiger partial charge in [0.1, 0.15) is 0 Å². The highest BCUT2D eigenvalue weighted by Gasteiger charge is 2.24. The molecule has 1 aromatic carbocycles. The zero-order valence-corrected chi connectivity index (χ0v) is 16.0. The highest BCUT2D eigenvalue weighted by atomic mass is 127. The number of anilines is 1. The summed E-state index contributed by atoms with van der Waals surface area (Å²) < 4.78 is 6.52. The fourth-order valence-electron chi connectivity index (χ4n) is 3.16. The van der Waals surface area contributed by atoms with E-state index in [2.05, 4.69) is 32.5 Å². The van der Waals surface area contributed by atoms with E-state index in [1.165, 1.54) is 0 Å². The first-order valence-corrected chi connectivity index (χ1v) is 9.51. The van der Waals surface area contributed by atoms with Crippen molar-refractivity contribution in [1.29, 1.82) is 0 Å². The number of benzene rings is 1. The molecule has 0 saturated carbocycles. The largest absolute Gasteiger partial charge is 0.378 e. The van der Waals surface area contributed by atoms with E-state index in [0.29, 0.717) is 26.3 Å². The van der Waals surface area contributed by atoms with Crippen LogP contribution in [0.2, 0.25) is 0 Å². The van der Waals surface area contributed by atoms with E-state index in [1.54, 1.807) is 0 Å². The summed E-state index contributed by atoms with van der Waals surface area (Å²) in [6.45, 7) is 4.28. The summed E-state index contributed by atoms with van der Waals surface area (Å²) in [7, 11) is 0. The topological polar surface area (TPSA) is 58.6 Å². The number of hydrogen-bond acceptors (Lipinski definition) is 5. The first kappa shape index (κ1) is 16.7. The SMILES string of the molecule is O=C(c1ccc(I)cc1)N1CCc2cnc(N3CCOCC3)nc2C1. The smallest absolute Gasteiger partial charge is 0.254 e. The molecule has 0 aliphatic carbocycles. The van der Waals surface area contributed by atoms with E-state index in [0.717, 1.165) is 45.8 Å². The van der Waals surface area contributed by atoms with Crippen LogP contribution in [0.15, 0.2) is 30.5 Å². The summed E-state index contributed by atoms with van der Waals surface area (Å²) in [6.07, 6.45) is 2.72. The number of carbonyl (C=O) groups is 1. The van der Waals surface area contributed by atoms with Crippen molar-refractivity contribution in [1.82, 2.24) is 14.9 Å². The van der Waals surface area contributed by atoms with Gasteiger partial charge < -0.3 is 14.5 Å². The Labute approximate surface area is 160 Å². The zero-order chi connectivity index (χ0) is 17.2. The van der Waals surface area contributed by atoms with Gasteiger partial charge in [0.25, 0.3) is 5.91 Å². The lowest BCUT2D eigenvalue weighted by Crippen LogP contribution is -2.39. The van der Waals surface area contributed by atoms with Gasteiger partial charge in [0.2, 0.25) is 5.95 Å². The van der Waals surface area contributed by atoms with Crippen LogP contribution in [0.1, 0.15) is 21.6 Å². The van der Waals surface area contributed by atoms with Gasteiger partial charge in [-0.05, 0) is 58.8 Å². The average Bonchev–Trinajstić information content (AvgIpc) is 2.68. The van der Waals surface area contributed by atoms with Gasteiger partial charge in [0, 0.05) is 35.0 Å². The van der Waals surface area contributed by atoms with Crippen LogP contribution in [-0.2, 0) is 17.7 Å². The van der Waals surface area contributed by atoms with Gasteiger partial charge in [-0.2, -0.15) is 0 Å². The number of halogens is 1. The molecule has 0 bridgehead atoms. The van der Waals surface area contributed by atoms with Gasteiger partial charge in [-0.15, -0.1) is 0 Å². The number of amides is 1. The van der Waals surface area contributed by atoms with Crippen LogP contribution in [-0.4, -0.2) is 53.6 Å². The number of ether oxygens (including phenoxy) is 1. The van der Waals surface area contributed by atoms with Crippen LogP contribution in [0, 0.1) is 3.57 Å². The summed E-state index contributed by atoms with van der Waals surface area (Å²) in [5.74, 6) is 0.805. The van der Waals surface area contributed by atoms with Gasteiger partial charge in [-0.25, -0.2) is 9.97 Å². The Bertz CT molecular complexity index is 775. The number of hydrogen-bond donors (Lipinski definition) is 0. The molecule has 0 spiro atoms. The molecule has 7 heteroatoms. The third kappa shape index (κ3) is 3.62. The molecule has 0 radical (unpaired) electrons. The van der Waals surface area contributed by atoms with Crippen molar-refractivity contribution in [2.75, 3.05) is 37.7 Å². The van der Waals surface area contributed by atoms with Gasteiger partial charge in [0.15, 0.2) is 0 Å². The van der Waals surface area contributed by atoms with Crippen LogP contribution in [0.4, 0.5) is 5.95 Å². The van der Waals surface area contributed by atoms with E-state index >= 15 is 0 Å². The Morgan fingerprint density at radius 1 is 1.12 bits per heavy atom. The number of aromatic nitrogens is 2. The van der Waals surface area contributed by atoms with E-state index in [4.69, 9.17) is 9.72 Å². The monoisotopic (exact) mass is 450 g/mol. The van der Waals surface area contributed by atoms with E-state index in [1.807, 2.05) is 35.4 Å². The van der Waals surface area contributed by atoms with Crippen LogP contribution >= 0.6 is 22.6 Å². The summed E-state index contributed by atoms with van der Waals surface area (Å²) in [4.78, 5) is 26.0. The van der Waals surface area contributed by atoms with Crippen LogP contribution in [0.5, 0.6) is 0 Å². The maximum absolute atomic E-state index is 12.8. The lowest BCUT2D eigenvalue weighted by molar-refractivity contribution is 0.0731. The second kappa shape index (κ2) is 7.25. The minimum Gasteiger partial charge on any atom is -0.378 e. The maximum atomic E-state index is 12.8. The summed E-state index contributed by atoms with van der Waals surface area (Å²) in [5, 5.41) is 0. The normalized spacial score (nSPS) is 17.3. The van der Waals surface area contributed by atoms with E-state index in [-0.39, 0.29) is 5.91 Å². The third-order valence-electron chi connectivity index (χ3n) is 4.61. The predicted octanol–water partition coefficient (Wildman–Crippen LogP) is 2.12. The fraction of sp³-hybridized carbons (Fsp3) is 0.389. The van der Waals surface area contributed by atoms with Crippen molar-refractivity contribution < 1.29 is 9.53 Å². The summed E-state index contributed by atoms with van der Waals surface area (Å²) in [5.41, 5.74) is 2.83. The molecular weight excluding hydrogens is 431 g/mol. The molecule has 1 aromatic heterocycles.